The summed E-state index contributed by atoms with van der Waals surface area (Å²) in [4.78, 5) is 26.9. The maximum absolute atomic E-state index is 12.5. The van der Waals surface area contributed by atoms with E-state index in [4.69, 9.17) is 25.7 Å². The van der Waals surface area contributed by atoms with Crippen LogP contribution >= 0.6 is 11.6 Å². The summed E-state index contributed by atoms with van der Waals surface area (Å²) in [5.41, 5.74) is 5.96. The lowest BCUT2D eigenvalue weighted by atomic mass is 9.95. The molecule has 1 aromatic carbocycles. The third-order valence-corrected chi connectivity index (χ3v) is 4.94. The first-order valence-corrected chi connectivity index (χ1v) is 11.1. The van der Waals surface area contributed by atoms with Crippen molar-refractivity contribution < 1.29 is 18.9 Å². The van der Waals surface area contributed by atoms with Gasteiger partial charge in [-0.05, 0) is 52.3 Å². The second kappa shape index (κ2) is 9.42. The Labute approximate surface area is 193 Å². The van der Waals surface area contributed by atoms with Crippen LogP contribution in [-0.2, 0) is 14.4 Å². The van der Waals surface area contributed by atoms with Crippen LogP contribution in [0.2, 0.25) is 0 Å². The number of benzene rings is 1. The van der Waals surface area contributed by atoms with Crippen LogP contribution in [0.1, 0.15) is 76.6 Å². The lowest BCUT2D eigenvalue weighted by molar-refractivity contribution is -0.155. The number of aromatic nitrogens is 1. The molecule has 0 saturated heterocycles. The average Bonchev–Trinajstić information content (AvgIpc) is 3.30. The predicted molar refractivity (Wildman–Crippen MR) is 124 cm³/mol. The number of rotatable bonds is 3. The zero-order valence-corrected chi connectivity index (χ0v) is 20.2. The number of nitrogens with zero attached hydrogens (tertiary/aromatic N) is 3. The van der Waals surface area contributed by atoms with Gasteiger partial charge in [0.25, 0.3) is 0 Å². The zero-order chi connectivity index (χ0) is 23.6. The van der Waals surface area contributed by atoms with Gasteiger partial charge in [-0.1, -0.05) is 36.7 Å². The normalized spacial score (nSPS) is 19.4. The molecule has 172 valence electrons. The quantitative estimate of drug-likeness (QED) is 0.641. The summed E-state index contributed by atoms with van der Waals surface area (Å²) in [5, 5.41) is 4.38. The van der Waals surface area contributed by atoms with Crippen LogP contribution in [0.5, 0.6) is 0 Å². The number of halogens is 1. The van der Waals surface area contributed by atoms with Crippen LogP contribution in [0.4, 0.5) is 0 Å². The van der Waals surface area contributed by atoms with E-state index in [1.165, 1.54) is 0 Å². The minimum absolute atomic E-state index is 0.00672. The van der Waals surface area contributed by atoms with Crippen LogP contribution in [0.15, 0.2) is 32.7 Å². The van der Waals surface area contributed by atoms with Crippen molar-refractivity contribution in [2.45, 2.75) is 72.7 Å². The molecule has 1 N–H and O–H groups in total. The van der Waals surface area contributed by atoms with Crippen molar-refractivity contribution in [1.82, 2.24) is 10.6 Å². The molecule has 0 amide bonds. The first-order chi connectivity index (χ1) is 15.1. The van der Waals surface area contributed by atoms with E-state index in [9.17, 15) is 4.79 Å². The number of ether oxygens (including phenoxy) is 1. The van der Waals surface area contributed by atoms with E-state index >= 15 is 0 Å². The molecule has 1 aromatic heterocycles. The summed E-state index contributed by atoms with van der Waals surface area (Å²) in [6.07, 6.45) is -0.138. The maximum Gasteiger partial charge on any atom is 0.308 e. The second-order valence-corrected chi connectivity index (χ2v) is 8.68. The van der Waals surface area contributed by atoms with Crippen LogP contribution < -0.4 is 5.48 Å². The third-order valence-electron chi connectivity index (χ3n) is 4.64. The highest BCUT2D eigenvalue weighted by Gasteiger charge is 2.32. The van der Waals surface area contributed by atoms with Crippen LogP contribution in [0, 0.1) is 6.92 Å². The van der Waals surface area contributed by atoms with E-state index in [1.807, 2.05) is 66.7 Å². The summed E-state index contributed by atoms with van der Waals surface area (Å²) in [5.74, 6) is 0.584. The van der Waals surface area contributed by atoms with E-state index in [2.05, 4.69) is 20.6 Å². The largest absolute Gasteiger partial charge is 0.460 e. The summed E-state index contributed by atoms with van der Waals surface area (Å²) in [6.45, 7) is 13.2. The fraction of sp³-hybridized carbons (Fsp3) is 0.478. The Balaban J connectivity index is 0.00000141. The standard InChI is InChI=1S/C21H23ClN4O4.C2H6/c1-10-17-13-7-6-12(20-23-11(2)26-30-20)8-14(13)19(22)24-15(18(17)29-25-10)9-16(27)28-21(3,4)5;1-2/h6-8,11,15,26H,9H2,1-5H3;1-2H3/t11?,15-;/m0./s1. The SMILES string of the molecule is CC.Cc1noc2c1-c1ccc(C3=NC(C)NO3)cc1C(Cl)=N[C@H]2CC(=O)OC(C)(C)C. The summed E-state index contributed by atoms with van der Waals surface area (Å²) in [6, 6.07) is 5.04. The Bertz CT molecular complexity index is 1070. The molecule has 3 heterocycles. The molecule has 4 rings (SSSR count). The Morgan fingerprint density at radius 1 is 1.22 bits per heavy atom. The lowest BCUT2D eigenvalue weighted by Crippen LogP contribution is -2.24. The molecule has 0 saturated carbocycles. The molecule has 2 aromatic rings. The van der Waals surface area contributed by atoms with Gasteiger partial charge in [-0.25, -0.2) is 4.99 Å². The van der Waals surface area contributed by atoms with Gasteiger partial charge in [0.1, 0.15) is 23.0 Å². The Hall–Kier alpha value is -2.71. The van der Waals surface area contributed by atoms with Gasteiger partial charge in [0.15, 0.2) is 5.76 Å². The highest BCUT2D eigenvalue weighted by Crippen LogP contribution is 2.41. The molecule has 0 radical (unpaired) electrons. The van der Waals surface area contributed by atoms with E-state index in [1.54, 1.807) is 0 Å². The number of nitrogens with one attached hydrogen (secondary N) is 1. The molecule has 2 aliphatic heterocycles. The monoisotopic (exact) mass is 460 g/mol. The smallest absolute Gasteiger partial charge is 0.308 e. The number of hydrogen-bond donors (Lipinski definition) is 1. The van der Waals surface area contributed by atoms with E-state index in [-0.39, 0.29) is 23.7 Å². The number of aliphatic imine (C=N–C) groups is 2. The van der Waals surface area contributed by atoms with Crippen molar-refractivity contribution in [2.24, 2.45) is 9.98 Å². The fourth-order valence-electron chi connectivity index (χ4n) is 3.46. The number of fused-ring (bicyclic) bond motifs is 3. The topological polar surface area (TPSA) is 98.3 Å². The molecule has 0 bridgehead atoms. The van der Waals surface area contributed by atoms with Crippen molar-refractivity contribution in [3.8, 4) is 11.1 Å². The van der Waals surface area contributed by atoms with Gasteiger partial charge < -0.3 is 14.1 Å². The average molecular weight is 461 g/mol. The zero-order valence-electron chi connectivity index (χ0n) is 19.4. The molecular formula is C23H29ClN4O4. The van der Waals surface area contributed by atoms with Gasteiger partial charge in [-0.3, -0.25) is 9.79 Å². The van der Waals surface area contributed by atoms with E-state index in [0.29, 0.717) is 22.9 Å². The van der Waals surface area contributed by atoms with Crippen LogP contribution in [0.25, 0.3) is 11.1 Å². The van der Waals surface area contributed by atoms with Crippen molar-refractivity contribution in [1.29, 1.82) is 0 Å². The molecule has 9 heteroatoms. The summed E-state index contributed by atoms with van der Waals surface area (Å²) in [7, 11) is 0. The Morgan fingerprint density at radius 3 is 2.56 bits per heavy atom. The first-order valence-electron chi connectivity index (χ1n) is 10.7. The maximum atomic E-state index is 12.5. The highest BCUT2D eigenvalue weighted by atomic mass is 35.5. The number of hydroxylamine groups is 1. The molecule has 0 fully saturated rings. The van der Waals surface area contributed by atoms with Crippen molar-refractivity contribution in [3.63, 3.8) is 0 Å². The first kappa shape index (κ1) is 23.9. The highest BCUT2D eigenvalue weighted by molar-refractivity contribution is 6.70. The van der Waals surface area contributed by atoms with Crippen molar-refractivity contribution in [3.05, 3.63) is 40.8 Å². The summed E-state index contributed by atoms with van der Waals surface area (Å²) < 4.78 is 11.0. The number of carbonyl (C=O) groups is 1. The van der Waals surface area contributed by atoms with E-state index in [0.717, 1.165) is 16.7 Å². The van der Waals surface area contributed by atoms with Gasteiger partial charge in [0.2, 0.25) is 5.90 Å². The lowest BCUT2D eigenvalue weighted by Gasteiger charge is -2.20. The molecule has 1 unspecified atom stereocenters. The van der Waals surface area contributed by atoms with Gasteiger partial charge in [0.05, 0.1) is 17.7 Å². The number of hydrogen-bond acceptors (Lipinski definition) is 8. The van der Waals surface area contributed by atoms with Crippen LogP contribution in [0.3, 0.4) is 0 Å². The van der Waals surface area contributed by atoms with E-state index < -0.39 is 11.6 Å². The molecule has 32 heavy (non-hydrogen) atoms. The van der Waals surface area contributed by atoms with Gasteiger partial charge in [-0.15, -0.1) is 5.48 Å². The minimum Gasteiger partial charge on any atom is -0.460 e. The molecule has 0 spiro atoms. The minimum atomic E-state index is -0.638. The molecule has 0 aliphatic carbocycles. The van der Waals surface area contributed by atoms with Gasteiger partial charge in [0, 0.05) is 11.1 Å². The molecule has 2 aliphatic rings. The molecule has 2 atom stereocenters. The Kier molecular flexibility index (Phi) is 7.05. The summed E-state index contributed by atoms with van der Waals surface area (Å²) >= 11 is 6.61. The number of aryl methyl sites for hydroxylation is 1. The Morgan fingerprint density at radius 2 is 1.94 bits per heavy atom. The van der Waals surface area contributed by atoms with Crippen molar-refractivity contribution >= 4 is 28.6 Å². The second-order valence-electron chi connectivity index (χ2n) is 8.32. The third kappa shape index (κ3) is 5.02. The number of carbonyl (C=O) groups excluding carboxylic acids is 1. The fourth-order valence-corrected chi connectivity index (χ4v) is 3.73. The predicted octanol–water partition coefficient (Wildman–Crippen LogP) is 5.08. The molecular weight excluding hydrogens is 432 g/mol. The van der Waals surface area contributed by atoms with Crippen molar-refractivity contribution in [2.75, 3.05) is 0 Å². The van der Waals surface area contributed by atoms with Gasteiger partial charge in [-0.2, -0.15) is 0 Å². The van der Waals surface area contributed by atoms with Crippen LogP contribution in [-0.4, -0.2) is 34.0 Å². The number of esters is 1. The van der Waals surface area contributed by atoms with Gasteiger partial charge >= 0.3 is 5.97 Å². The molecule has 8 nitrogen and oxygen atoms in total.